The molecule has 0 saturated carbocycles. The predicted molar refractivity (Wildman–Crippen MR) is 179 cm³/mol. The quantitative estimate of drug-likeness (QED) is 0.184. The molecule has 0 unspecified atom stereocenters. The average Bonchev–Trinajstić information content (AvgIpc) is 3.72. The molecule has 0 aromatic carbocycles. The molecule has 0 heterocycles. The molecule has 3 rings (SSSR count). The van der Waals surface area contributed by atoms with Crippen molar-refractivity contribution >= 4 is 0 Å². The second kappa shape index (κ2) is 42.1. The van der Waals surface area contributed by atoms with E-state index in [-0.39, 0.29) is 116 Å². The first-order valence-corrected chi connectivity index (χ1v) is 17.2. The van der Waals surface area contributed by atoms with Gasteiger partial charge in [0, 0.05) is 78.6 Å². The van der Waals surface area contributed by atoms with Gasteiger partial charge in [-0.15, -0.1) is 0 Å². The van der Waals surface area contributed by atoms with Crippen molar-refractivity contribution in [1.82, 2.24) is 0 Å². The first kappa shape index (κ1) is 59.1. The topological polar surface area (TPSA) is 0 Å². The zero-order chi connectivity index (χ0) is 28.6. The van der Waals surface area contributed by atoms with E-state index in [0.29, 0.717) is 0 Å². The number of hydrogen-bond acceptors (Lipinski definition) is 0. The predicted octanol–water partition coefficient (Wildman–Crippen LogP) is 4.87. The summed E-state index contributed by atoms with van der Waals surface area (Å²) in [7, 11) is 0. The molecule has 6 heteroatoms. The number of halogens is 3. The molecular formula is C39H66Cl3Zr3-3. The van der Waals surface area contributed by atoms with E-state index in [1.165, 1.54) is 135 Å². The Hall–Kier alpha value is 1.96. The van der Waals surface area contributed by atoms with Gasteiger partial charge in [0.15, 0.2) is 0 Å². The minimum absolute atomic E-state index is 0. The van der Waals surface area contributed by atoms with Crippen molar-refractivity contribution in [2.45, 2.75) is 176 Å². The van der Waals surface area contributed by atoms with E-state index in [0.717, 1.165) is 0 Å². The van der Waals surface area contributed by atoms with Gasteiger partial charge in [-0.1, -0.05) is 150 Å². The Morgan fingerprint density at radius 2 is 0.556 bits per heavy atom. The molecule has 0 bridgehead atoms. The van der Waals surface area contributed by atoms with Crippen LogP contribution in [-0.4, -0.2) is 0 Å². The van der Waals surface area contributed by atoms with Crippen LogP contribution < -0.4 is 37.2 Å². The molecule has 0 N–H and O–H groups in total. The molecule has 0 aromatic rings. The fraction of sp³-hybridized carbons (Fsp3) is 0.692. The molecule has 0 nitrogen and oxygen atoms in total. The third-order valence-electron chi connectivity index (χ3n) is 8.06. The Morgan fingerprint density at radius 1 is 0.356 bits per heavy atom. The maximum Gasteiger partial charge on any atom is 0 e. The van der Waals surface area contributed by atoms with Crippen LogP contribution in [0.25, 0.3) is 0 Å². The molecule has 0 fully saturated rings. The standard InChI is InChI=1S/3C13H22.3ClH.3Zr/c3*1-3-5-7-12-9-10-13(11-12)8-6-4-2;;;;;;/h3*9,11H,3-8,10H2,1-2H3;3*1H;;;/p-3. The number of rotatable bonds is 18. The first-order valence-electron chi connectivity index (χ1n) is 17.2. The van der Waals surface area contributed by atoms with Crippen LogP contribution in [0.15, 0.2) is 69.9 Å². The van der Waals surface area contributed by atoms with Crippen molar-refractivity contribution in [2.75, 3.05) is 0 Å². The van der Waals surface area contributed by atoms with Crippen molar-refractivity contribution in [3.05, 3.63) is 69.9 Å². The van der Waals surface area contributed by atoms with Crippen LogP contribution in [0.3, 0.4) is 0 Å². The zero-order valence-corrected chi connectivity index (χ0v) is 39.6. The molecule has 0 saturated heterocycles. The number of unbranched alkanes of at least 4 members (excludes halogenated alkanes) is 6. The molecule has 0 atom stereocenters. The Bertz CT molecular complexity index is 729. The monoisotopic (exact) mass is 909 g/mol. The van der Waals surface area contributed by atoms with Gasteiger partial charge in [-0.2, -0.15) is 0 Å². The first-order chi connectivity index (χ1) is 19.1. The van der Waals surface area contributed by atoms with Crippen molar-refractivity contribution in [2.24, 2.45) is 0 Å². The van der Waals surface area contributed by atoms with Gasteiger partial charge < -0.3 is 37.2 Å². The molecule has 0 radical (unpaired) electrons. The van der Waals surface area contributed by atoms with Gasteiger partial charge in [-0.25, -0.2) is 0 Å². The Labute approximate surface area is 358 Å². The Balaban J connectivity index is -0.000000119. The van der Waals surface area contributed by atoms with Crippen molar-refractivity contribution in [3.8, 4) is 0 Å². The van der Waals surface area contributed by atoms with E-state index < -0.39 is 0 Å². The minimum atomic E-state index is 0. The summed E-state index contributed by atoms with van der Waals surface area (Å²) in [5, 5.41) is 0. The molecule has 3 aliphatic rings. The fourth-order valence-electron chi connectivity index (χ4n) is 5.33. The molecule has 0 aliphatic heterocycles. The Morgan fingerprint density at radius 3 is 0.756 bits per heavy atom. The Kier molecular flexibility index (Phi) is 55.4. The van der Waals surface area contributed by atoms with Crippen LogP contribution in [0.4, 0.5) is 0 Å². The summed E-state index contributed by atoms with van der Waals surface area (Å²) >= 11 is 0. The number of allylic oxidation sites excluding steroid dienone is 12. The summed E-state index contributed by atoms with van der Waals surface area (Å²) in [6, 6.07) is 0. The van der Waals surface area contributed by atoms with Crippen LogP contribution in [0.5, 0.6) is 0 Å². The van der Waals surface area contributed by atoms with Crippen molar-refractivity contribution in [1.29, 1.82) is 0 Å². The third-order valence-corrected chi connectivity index (χ3v) is 8.06. The van der Waals surface area contributed by atoms with E-state index >= 15 is 0 Å². The summed E-state index contributed by atoms with van der Waals surface area (Å²) in [4.78, 5) is 0. The van der Waals surface area contributed by atoms with E-state index in [1.807, 2.05) is 0 Å². The molecule has 258 valence electrons. The van der Waals surface area contributed by atoms with Crippen LogP contribution >= 0.6 is 0 Å². The molecule has 45 heavy (non-hydrogen) atoms. The molecule has 0 amide bonds. The maximum absolute atomic E-state index is 2.44. The van der Waals surface area contributed by atoms with Crippen LogP contribution in [0.1, 0.15) is 176 Å². The number of hydrogen-bond donors (Lipinski definition) is 0. The van der Waals surface area contributed by atoms with E-state index in [1.54, 1.807) is 33.4 Å². The largest absolute Gasteiger partial charge is 1.00 e. The van der Waals surface area contributed by atoms with Gasteiger partial charge in [0.25, 0.3) is 0 Å². The summed E-state index contributed by atoms with van der Waals surface area (Å²) in [6.45, 7) is 13.6. The van der Waals surface area contributed by atoms with Gasteiger partial charge in [0.05, 0.1) is 0 Å². The minimum Gasteiger partial charge on any atom is -1.00 e. The smallest absolute Gasteiger partial charge is 0 e. The molecule has 0 aromatic heterocycles. The van der Waals surface area contributed by atoms with Crippen LogP contribution in [0.2, 0.25) is 0 Å². The summed E-state index contributed by atoms with van der Waals surface area (Å²) < 4.78 is 0. The second-order valence-electron chi connectivity index (χ2n) is 12.0. The fourth-order valence-corrected chi connectivity index (χ4v) is 5.33. The zero-order valence-electron chi connectivity index (χ0n) is 29.9. The summed E-state index contributed by atoms with van der Waals surface area (Å²) in [5.41, 5.74) is 9.75. The second-order valence-corrected chi connectivity index (χ2v) is 12.0. The summed E-state index contributed by atoms with van der Waals surface area (Å²) in [6.07, 6.45) is 42.2. The van der Waals surface area contributed by atoms with Crippen LogP contribution in [0, 0.1) is 0 Å². The van der Waals surface area contributed by atoms with Crippen molar-refractivity contribution < 1.29 is 116 Å². The van der Waals surface area contributed by atoms with Gasteiger partial charge in [0.2, 0.25) is 0 Å². The maximum atomic E-state index is 2.44. The van der Waals surface area contributed by atoms with Crippen LogP contribution in [-0.2, 0) is 78.6 Å². The van der Waals surface area contributed by atoms with Gasteiger partial charge >= 0.3 is 0 Å². The third kappa shape index (κ3) is 31.7. The van der Waals surface area contributed by atoms with Gasteiger partial charge in [-0.3, -0.25) is 0 Å². The molecule has 3 aliphatic carbocycles. The SMILES string of the molecule is CCCCC1=CCC(CCCC)=C1.CCCCC1=CCC(CCCC)=C1.CCCCC1=CCC(CCCC)=C1.[Cl-].[Cl-].[Cl-].[Zr].[Zr].[Zr]. The van der Waals surface area contributed by atoms with Gasteiger partial charge in [0.1, 0.15) is 0 Å². The van der Waals surface area contributed by atoms with E-state index in [2.05, 4.69) is 78.0 Å². The molecule has 0 spiro atoms. The van der Waals surface area contributed by atoms with Crippen molar-refractivity contribution in [3.63, 3.8) is 0 Å². The van der Waals surface area contributed by atoms with E-state index in [9.17, 15) is 0 Å². The molecular weight excluding hydrogens is 848 g/mol. The normalized spacial score (nSPS) is 13.7. The average molecular weight is 915 g/mol. The summed E-state index contributed by atoms with van der Waals surface area (Å²) in [5.74, 6) is 0. The van der Waals surface area contributed by atoms with Gasteiger partial charge in [-0.05, 0) is 96.3 Å². The van der Waals surface area contributed by atoms with E-state index in [4.69, 9.17) is 0 Å².